The van der Waals surface area contributed by atoms with E-state index in [1.807, 2.05) is 0 Å². The number of ether oxygens (including phenoxy) is 1. The molecule has 2 heterocycles. The number of hydrogen-bond acceptors (Lipinski definition) is 5. The molecule has 134 valence electrons. The van der Waals surface area contributed by atoms with Gasteiger partial charge in [0.15, 0.2) is 0 Å². The van der Waals surface area contributed by atoms with Gasteiger partial charge in [0.1, 0.15) is 12.1 Å². The number of halogens is 3. The predicted octanol–water partition coefficient (Wildman–Crippen LogP) is 2.91. The molecule has 25 heavy (non-hydrogen) atoms. The lowest BCUT2D eigenvalue weighted by Gasteiger charge is -2.26. The van der Waals surface area contributed by atoms with Crippen LogP contribution in [0.2, 0.25) is 0 Å². The first-order chi connectivity index (χ1) is 12.0. The molecular weight excluding hydrogens is 333 g/mol. The summed E-state index contributed by atoms with van der Waals surface area (Å²) in [5.41, 5.74) is -0.404. The van der Waals surface area contributed by atoms with Gasteiger partial charge in [-0.25, -0.2) is 9.97 Å². The topological polar surface area (TPSA) is 50.3 Å². The summed E-state index contributed by atoms with van der Waals surface area (Å²) in [7, 11) is 0. The van der Waals surface area contributed by atoms with Crippen LogP contribution in [0.5, 0.6) is 0 Å². The van der Waals surface area contributed by atoms with Gasteiger partial charge in [0, 0.05) is 37.8 Å². The van der Waals surface area contributed by atoms with Gasteiger partial charge in [0.2, 0.25) is 0 Å². The number of rotatable bonds is 5. The van der Waals surface area contributed by atoms with Crippen LogP contribution >= 0.6 is 0 Å². The van der Waals surface area contributed by atoms with Crippen LogP contribution in [-0.2, 0) is 10.9 Å². The summed E-state index contributed by atoms with van der Waals surface area (Å²) in [5, 5.41) is 3.15. The van der Waals surface area contributed by atoms with E-state index in [0.29, 0.717) is 12.4 Å². The second-order valence-electron chi connectivity index (χ2n) is 5.71. The Balaban J connectivity index is 1.69. The lowest BCUT2D eigenvalue weighted by molar-refractivity contribution is -0.137. The molecular formula is C17H19F3N4O. The lowest BCUT2D eigenvalue weighted by Crippen LogP contribution is -2.39. The van der Waals surface area contributed by atoms with E-state index in [4.69, 9.17) is 4.74 Å². The molecule has 0 bridgehead atoms. The van der Waals surface area contributed by atoms with Crippen LogP contribution in [-0.4, -0.2) is 54.3 Å². The molecule has 0 unspecified atom stereocenters. The van der Waals surface area contributed by atoms with Gasteiger partial charge in [-0.1, -0.05) is 18.2 Å². The van der Waals surface area contributed by atoms with Gasteiger partial charge in [-0.05, 0) is 6.07 Å². The molecule has 8 heteroatoms. The molecule has 0 radical (unpaired) electrons. The average Bonchev–Trinajstić information content (AvgIpc) is 2.62. The normalized spacial score (nSPS) is 16.0. The Bertz CT molecular complexity index is 702. The predicted molar refractivity (Wildman–Crippen MR) is 88.2 cm³/mol. The maximum atomic E-state index is 13.2. The number of aromatic nitrogens is 2. The summed E-state index contributed by atoms with van der Waals surface area (Å²) in [6.07, 6.45) is -3.15. The van der Waals surface area contributed by atoms with Gasteiger partial charge < -0.3 is 10.1 Å². The Morgan fingerprint density at radius 1 is 1.12 bits per heavy atom. The minimum Gasteiger partial charge on any atom is -0.379 e. The number of alkyl halides is 3. The van der Waals surface area contributed by atoms with Crippen LogP contribution in [0.15, 0.2) is 36.7 Å². The van der Waals surface area contributed by atoms with Crippen LogP contribution in [0.1, 0.15) is 5.56 Å². The lowest BCUT2D eigenvalue weighted by atomic mass is 10.0. The molecule has 0 spiro atoms. The Morgan fingerprint density at radius 3 is 2.64 bits per heavy atom. The number of hydrogen-bond donors (Lipinski definition) is 1. The number of benzene rings is 1. The van der Waals surface area contributed by atoms with E-state index in [0.717, 1.165) is 38.9 Å². The Hall–Kier alpha value is -2.19. The van der Waals surface area contributed by atoms with Gasteiger partial charge in [-0.3, -0.25) is 4.90 Å². The molecule has 1 aliphatic rings. The number of nitrogens with zero attached hydrogens (tertiary/aromatic N) is 3. The summed E-state index contributed by atoms with van der Waals surface area (Å²) in [5.74, 6) is 0.509. The summed E-state index contributed by atoms with van der Waals surface area (Å²) in [6.45, 7) is 4.70. The van der Waals surface area contributed by atoms with Gasteiger partial charge in [0.05, 0.1) is 24.5 Å². The standard InChI is InChI=1S/C17H19F3N4O/c18-17(19,20)14-4-2-1-3-13(14)15-11-16(23-12-22-15)21-5-6-24-7-9-25-10-8-24/h1-4,11-12H,5-10H2,(H,21,22,23). The molecule has 5 nitrogen and oxygen atoms in total. The van der Waals surface area contributed by atoms with Crippen molar-refractivity contribution in [1.29, 1.82) is 0 Å². The number of nitrogens with one attached hydrogen (secondary N) is 1. The van der Waals surface area contributed by atoms with E-state index in [1.54, 1.807) is 12.1 Å². The molecule has 1 aromatic heterocycles. The zero-order chi connectivity index (χ0) is 17.7. The van der Waals surface area contributed by atoms with E-state index in [1.165, 1.54) is 18.5 Å². The average molecular weight is 352 g/mol. The highest BCUT2D eigenvalue weighted by Crippen LogP contribution is 2.36. The fraction of sp³-hybridized carbons (Fsp3) is 0.412. The minimum atomic E-state index is -4.43. The third-order valence-electron chi connectivity index (χ3n) is 4.01. The van der Waals surface area contributed by atoms with Crippen molar-refractivity contribution in [2.75, 3.05) is 44.7 Å². The van der Waals surface area contributed by atoms with E-state index in [2.05, 4.69) is 20.2 Å². The summed E-state index contributed by atoms with van der Waals surface area (Å²) in [4.78, 5) is 10.4. The quantitative estimate of drug-likeness (QED) is 0.897. The highest BCUT2D eigenvalue weighted by molar-refractivity contribution is 5.66. The zero-order valence-corrected chi connectivity index (χ0v) is 13.6. The molecule has 0 aliphatic carbocycles. The first-order valence-electron chi connectivity index (χ1n) is 8.06. The molecule has 1 aromatic carbocycles. The second kappa shape index (κ2) is 7.79. The van der Waals surface area contributed by atoms with Gasteiger partial charge in [-0.2, -0.15) is 13.2 Å². The van der Waals surface area contributed by atoms with Gasteiger partial charge >= 0.3 is 6.18 Å². The van der Waals surface area contributed by atoms with Crippen LogP contribution < -0.4 is 5.32 Å². The minimum absolute atomic E-state index is 0.0497. The highest BCUT2D eigenvalue weighted by Gasteiger charge is 2.33. The molecule has 1 saturated heterocycles. The third-order valence-corrected chi connectivity index (χ3v) is 4.01. The first-order valence-corrected chi connectivity index (χ1v) is 8.06. The molecule has 1 aliphatic heterocycles. The SMILES string of the molecule is FC(F)(F)c1ccccc1-c1cc(NCCN2CCOCC2)ncn1. The maximum absolute atomic E-state index is 13.2. The summed E-state index contributed by atoms with van der Waals surface area (Å²) in [6, 6.07) is 6.96. The van der Waals surface area contributed by atoms with Crippen molar-refractivity contribution < 1.29 is 17.9 Å². The number of anilines is 1. The van der Waals surface area contributed by atoms with Crippen LogP contribution in [0.4, 0.5) is 19.0 Å². The Labute approximate surface area is 143 Å². The molecule has 1 N–H and O–H groups in total. The highest BCUT2D eigenvalue weighted by atomic mass is 19.4. The molecule has 0 saturated carbocycles. The van der Waals surface area contributed by atoms with Crippen molar-refractivity contribution in [2.45, 2.75) is 6.18 Å². The van der Waals surface area contributed by atoms with Crippen molar-refractivity contribution in [3.05, 3.63) is 42.2 Å². The van der Waals surface area contributed by atoms with Crippen molar-refractivity contribution >= 4 is 5.82 Å². The fourth-order valence-electron chi connectivity index (χ4n) is 2.72. The molecule has 2 aromatic rings. The van der Waals surface area contributed by atoms with E-state index >= 15 is 0 Å². The van der Waals surface area contributed by atoms with Crippen molar-refractivity contribution in [2.24, 2.45) is 0 Å². The Kier molecular flexibility index (Phi) is 5.50. The van der Waals surface area contributed by atoms with Crippen LogP contribution in [0, 0.1) is 0 Å². The third kappa shape index (κ3) is 4.67. The molecule has 3 rings (SSSR count). The van der Waals surface area contributed by atoms with Crippen molar-refractivity contribution in [3.63, 3.8) is 0 Å². The van der Waals surface area contributed by atoms with Gasteiger partial charge in [0.25, 0.3) is 0 Å². The largest absolute Gasteiger partial charge is 0.417 e. The maximum Gasteiger partial charge on any atom is 0.417 e. The monoisotopic (exact) mass is 352 g/mol. The summed E-state index contributed by atoms with van der Waals surface area (Å²) >= 11 is 0. The first kappa shape index (κ1) is 17.6. The van der Waals surface area contributed by atoms with Crippen molar-refractivity contribution in [1.82, 2.24) is 14.9 Å². The zero-order valence-electron chi connectivity index (χ0n) is 13.6. The van der Waals surface area contributed by atoms with Gasteiger partial charge in [-0.15, -0.1) is 0 Å². The van der Waals surface area contributed by atoms with Crippen molar-refractivity contribution in [3.8, 4) is 11.3 Å². The van der Waals surface area contributed by atoms with E-state index < -0.39 is 11.7 Å². The molecule has 0 atom stereocenters. The summed E-state index contributed by atoms with van der Waals surface area (Å²) < 4.78 is 44.8. The Morgan fingerprint density at radius 2 is 1.88 bits per heavy atom. The molecule has 1 fully saturated rings. The van der Waals surface area contributed by atoms with E-state index in [9.17, 15) is 13.2 Å². The molecule has 0 amide bonds. The smallest absolute Gasteiger partial charge is 0.379 e. The van der Waals surface area contributed by atoms with Crippen LogP contribution in [0.25, 0.3) is 11.3 Å². The number of morpholine rings is 1. The van der Waals surface area contributed by atoms with Crippen LogP contribution in [0.3, 0.4) is 0 Å². The van der Waals surface area contributed by atoms with E-state index in [-0.39, 0.29) is 11.3 Å². The fourth-order valence-corrected chi connectivity index (χ4v) is 2.72. The second-order valence-corrected chi connectivity index (χ2v) is 5.71.